The highest BCUT2D eigenvalue weighted by atomic mass is 32.2. The van der Waals surface area contributed by atoms with Gasteiger partial charge in [-0.1, -0.05) is 18.2 Å². The van der Waals surface area contributed by atoms with Crippen molar-refractivity contribution in [2.75, 3.05) is 4.72 Å². The number of aromatic nitrogens is 2. The number of hydrogen-bond acceptors (Lipinski definition) is 4. The first-order chi connectivity index (χ1) is 8.65. The summed E-state index contributed by atoms with van der Waals surface area (Å²) in [5, 5.41) is 7.18. The summed E-state index contributed by atoms with van der Waals surface area (Å²) in [6.07, 6.45) is 1.49. The molecule has 0 aliphatic carbocycles. The van der Waals surface area contributed by atoms with Gasteiger partial charge in [0.05, 0.1) is 6.20 Å². The van der Waals surface area contributed by atoms with Crippen LogP contribution in [0.5, 0.6) is 0 Å². The smallest absolute Gasteiger partial charge is 0.263 e. The Balaban J connectivity index is 2.02. The molecule has 0 radical (unpaired) electrons. The zero-order valence-corrected chi connectivity index (χ0v) is 10.8. The first-order valence-corrected chi connectivity index (χ1v) is 7.46. The van der Waals surface area contributed by atoms with Crippen molar-refractivity contribution in [3.8, 4) is 0 Å². The van der Waals surface area contributed by atoms with Gasteiger partial charge in [-0.2, -0.15) is 5.10 Å². The number of nitrogens with one attached hydrogen (secondary N) is 2. The minimum absolute atomic E-state index is 0.290. The van der Waals surface area contributed by atoms with E-state index in [0.717, 1.165) is 10.1 Å². The Kier molecular flexibility index (Phi) is 2.57. The van der Waals surface area contributed by atoms with Crippen molar-refractivity contribution in [3.05, 3.63) is 42.6 Å². The largest absolute Gasteiger partial charge is 0.272 e. The van der Waals surface area contributed by atoms with Gasteiger partial charge in [-0.05, 0) is 17.5 Å². The average molecular weight is 279 g/mol. The Morgan fingerprint density at radius 3 is 2.78 bits per heavy atom. The summed E-state index contributed by atoms with van der Waals surface area (Å²) in [5.74, 6) is 0.354. The van der Waals surface area contributed by atoms with Crippen LogP contribution in [-0.2, 0) is 10.0 Å². The third-order valence-corrected chi connectivity index (χ3v) is 5.37. The highest BCUT2D eigenvalue weighted by Crippen LogP contribution is 2.29. The number of rotatable bonds is 3. The Morgan fingerprint density at radius 1 is 1.22 bits per heavy atom. The van der Waals surface area contributed by atoms with Crippen LogP contribution in [0.4, 0.5) is 5.82 Å². The summed E-state index contributed by atoms with van der Waals surface area (Å²) in [6, 6.07) is 10.8. The van der Waals surface area contributed by atoms with E-state index in [4.69, 9.17) is 0 Å². The number of sulfonamides is 1. The molecule has 3 rings (SSSR count). The maximum absolute atomic E-state index is 12.1. The quantitative estimate of drug-likeness (QED) is 0.773. The van der Waals surface area contributed by atoms with E-state index in [1.807, 2.05) is 24.3 Å². The molecule has 0 aliphatic heterocycles. The van der Waals surface area contributed by atoms with Crippen LogP contribution >= 0.6 is 11.3 Å². The molecular weight excluding hydrogens is 270 g/mol. The number of thiophene rings is 1. The van der Waals surface area contributed by atoms with Gasteiger partial charge >= 0.3 is 0 Å². The van der Waals surface area contributed by atoms with Crippen molar-refractivity contribution in [1.29, 1.82) is 0 Å². The van der Waals surface area contributed by atoms with Gasteiger partial charge in [0.25, 0.3) is 10.0 Å². The maximum atomic E-state index is 12.1. The van der Waals surface area contributed by atoms with Crippen molar-refractivity contribution >= 4 is 37.3 Å². The van der Waals surface area contributed by atoms with Crippen molar-refractivity contribution in [2.45, 2.75) is 4.21 Å². The fourth-order valence-electron chi connectivity index (χ4n) is 1.60. The third-order valence-electron chi connectivity index (χ3n) is 2.41. The van der Waals surface area contributed by atoms with Crippen LogP contribution in [0.1, 0.15) is 0 Å². The normalized spacial score (nSPS) is 11.8. The SMILES string of the molecule is O=S(=O)(Nc1ccn[nH]1)c1cc2ccccc2s1. The second-order valence-electron chi connectivity index (χ2n) is 3.68. The molecule has 5 nitrogen and oxygen atoms in total. The van der Waals surface area contributed by atoms with Crippen LogP contribution in [-0.4, -0.2) is 18.6 Å². The Hall–Kier alpha value is -1.86. The minimum atomic E-state index is -3.55. The molecule has 2 heterocycles. The molecule has 2 aromatic heterocycles. The van der Waals surface area contributed by atoms with Crippen LogP contribution in [0.3, 0.4) is 0 Å². The molecule has 3 aromatic rings. The summed E-state index contributed by atoms with van der Waals surface area (Å²) in [4.78, 5) is 0. The molecule has 92 valence electrons. The number of aromatic amines is 1. The zero-order chi connectivity index (χ0) is 12.6. The average Bonchev–Trinajstić information content (AvgIpc) is 2.96. The van der Waals surface area contributed by atoms with Crippen LogP contribution < -0.4 is 4.72 Å². The van der Waals surface area contributed by atoms with Crippen molar-refractivity contribution in [2.24, 2.45) is 0 Å². The van der Waals surface area contributed by atoms with E-state index in [9.17, 15) is 8.42 Å². The number of anilines is 1. The van der Waals surface area contributed by atoms with Crippen molar-refractivity contribution in [1.82, 2.24) is 10.2 Å². The van der Waals surface area contributed by atoms with Gasteiger partial charge in [0.1, 0.15) is 10.0 Å². The number of hydrogen-bond donors (Lipinski definition) is 2. The van der Waals surface area contributed by atoms with Crippen molar-refractivity contribution in [3.63, 3.8) is 0 Å². The van der Waals surface area contributed by atoms with Crippen LogP contribution in [0.2, 0.25) is 0 Å². The number of H-pyrrole nitrogens is 1. The van der Waals surface area contributed by atoms with E-state index >= 15 is 0 Å². The second kappa shape index (κ2) is 4.11. The molecule has 0 bridgehead atoms. The molecule has 0 spiro atoms. The van der Waals surface area contributed by atoms with Gasteiger partial charge in [0, 0.05) is 10.8 Å². The zero-order valence-electron chi connectivity index (χ0n) is 9.12. The van der Waals surface area contributed by atoms with Crippen molar-refractivity contribution < 1.29 is 8.42 Å². The summed E-state index contributed by atoms with van der Waals surface area (Å²) in [6.45, 7) is 0. The molecule has 0 unspecified atom stereocenters. The van der Waals surface area contributed by atoms with E-state index in [-0.39, 0.29) is 0 Å². The fourth-order valence-corrected chi connectivity index (χ4v) is 4.01. The van der Waals surface area contributed by atoms with Gasteiger partial charge in [-0.15, -0.1) is 11.3 Å². The summed E-state index contributed by atoms with van der Waals surface area (Å²) < 4.78 is 27.9. The highest BCUT2D eigenvalue weighted by molar-refractivity contribution is 7.94. The molecule has 0 saturated heterocycles. The summed E-state index contributed by atoms with van der Waals surface area (Å²) >= 11 is 1.24. The minimum Gasteiger partial charge on any atom is -0.263 e. The van der Waals surface area contributed by atoms with Gasteiger partial charge < -0.3 is 0 Å². The number of fused-ring (bicyclic) bond motifs is 1. The summed E-state index contributed by atoms with van der Waals surface area (Å²) in [7, 11) is -3.55. The Morgan fingerprint density at radius 2 is 2.06 bits per heavy atom. The van der Waals surface area contributed by atoms with Crippen LogP contribution in [0.15, 0.2) is 46.8 Å². The van der Waals surface area contributed by atoms with Gasteiger partial charge in [0.2, 0.25) is 0 Å². The van der Waals surface area contributed by atoms with E-state index in [1.165, 1.54) is 17.5 Å². The van der Waals surface area contributed by atoms with E-state index in [2.05, 4.69) is 14.9 Å². The van der Waals surface area contributed by atoms with E-state index < -0.39 is 10.0 Å². The Bertz CT molecular complexity index is 743. The first-order valence-electron chi connectivity index (χ1n) is 5.16. The molecule has 7 heteroatoms. The lowest BCUT2D eigenvalue weighted by Crippen LogP contribution is -2.11. The molecule has 0 amide bonds. The standard InChI is InChI=1S/C11H9N3O2S2/c15-18(16,14-10-5-6-12-13-10)11-7-8-3-1-2-4-9(8)17-11/h1-7H,(H2,12,13,14). The number of benzene rings is 1. The molecule has 0 saturated carbocycles. The number of nitrogens with zero attached hydrogens (tertiary/aromatic N) is 1. The van der Waals surface area contributed by atoms with Gasteiger partial charge in [-0.3, -0.25) is 9.82 Å². The van der Waals surface area contributed by atoms with E-state index in [1.54, 1.807) is 12.1 Å². The Labute approximate surface area is 108 Å². The molecule has 2 N–H and O–H groups in total. The molecule has 0 atom stereocenters. The monoisotopic (exact) mass is 279 g/mol. The predicted molar refractivity (Wildman–Crippen MR) is 71.2 cm³/mol. The van der Waals surface area contributed by atoms with Gasteiger partial charge in [0.15, 0.2) is 0 Å². The van der Waals surface area contributed by atoms with Crippen LogP contribution in [0.25, 0.3) is 10.1 Å². The lowest BCUT2D eigenvalue weighted by molar-refractivity contribution is 0.603. The van der Waals surface area contributed by atoms with Crippen LogP contribution in [0, 0.1) is 0 Å². The summed E-state index contributed by atoms with van der Waals surface area (Å²) in [5.41, 5.74) is 0. The lowest BCUT2D eigenvalue weighted by atomic mass is 10.3. The molecule has 0 fully saturated rings. The van der Waals surface area contributed by atoms with Gasteiger partial charge in [-0.25, -0.2) is 8.42 Å². The predicted octanol–water partition coefficient (Wildman–Crippen LogP) is 2.43. The lowest BCUT2D eigenvalue weighted by Gasteiger charge is -2.01. The molecular formula is C11H9N3O2S2. The molecule has 1 aromatic carbocycles. The molecule has 0 aliphatic rings. The molecule has 18 heavy (non-hydrogen) atoms. The maximum Gasteiger partial charge on any atom is 0.272 e. The third kappa shape index (κ3) is 1.98. The highest BCUT2D eigenvalue weighted by Gasteiger charge is 2.17. The first kappa shape index (κ1) is 11.2. The second-order valence-corrected chi connectivity index (χ2v) is 6.67. The topological polar surface area (TPSA) is 74.8 Å². The fraction of sp³-hybridized carbons (Fsp3) is 0. The van der Waals surface area contributed by atoms with E-state index in [0.29, 0.717) is 10.0 Å².